The number of esters is 1. The molecular weight excluding hydrogens is 408 g/mol. The Morgan fingerprint density at radius 3 is 2.48 bits per heavy atom. The Morgan fingerprint density at radius 2 is 1.90 bits per heavy atom. The van der Waals surface area contributed by atoms with Gasteiger partial charge in [0.2, 0.25) is 0 Å². The highest BCUT2D eigenvalue weighted by Gasteiger charge is 2.24. The molecule has 0 radical (unpaired) electrons. The van der Waals surface area contributed by atoms with Crippen molar-refractivity contribution < 1.29 is 19.1 Å². The molecule has 0 aliphatic carbocycles. The number of amides is 1. The summed E-state index contributed by atoms with van der Waals surface area (Å²) in [6.07, 6.45) is 0.931. The SMILES string of the molecule is CCCOc1ccc(-c2csc(NC(=O)c3sc(C)nc3C)c2C(=O)OC)cc1. The topological polar surface area (TPSA) is 77.5 Å². The van der Waals surface area contributed by atoms with Gasteiger partial charge in [0.25, 0.3) is 5.91 Å². The normalized spacial score (nSPS) is 10.6. The quantitative estimate of drug-likeness (QED) is 0.514. The number of thiophene rings is 1. The second-order valence-electron chi connectivity index (χ2n) is 6.32. The standard InChI is InChI=1S/C21H22N2O4S2/c1-5-10-27-15-8-6-14(7-9-15)16-11-28-20(17(16)21(25)26-4)23-19(24)18-12(2)22-13(3)29-18/h6-9,11H,5,10H2,1-4H3,(H,23,24). The van der Waals surface area contributed by atoms with Gasteiger partial charge >= 0.3 is 5.97 Å². The Bertz CT molecular complexity index is 1020. The number of nitrogens with zero attached hydrogens (tertiary/aromatic N) is 1. The summed E-state index contributed by atoms with van der Waals surface area (Å²) < 4.78 is 10.6. The summed E-state index contributed by atoms with van der Waals surface area (Å²) in [6.45, 7) is 6.35. The number of hydrogen-bond donors (Lipinski definition) is 1. The molecule has 0 spiro atoms. The van der Waals surface area contributed by atoms with Crippen molar-refractivity contribution in [1.29, 1.82) is 0 Å². The van der Waals surface area contributed by atoms with Crippen LogP contribution in [0.15, 0.2) is 29.6 Å². The van der Waals surface area contributed by atoms with Crippen molar-refractivity contribution >= 4 is 39.6 Å². The third kappa shape index (κ3) is 4.65. The maximum Gasteiger partial charge on any atom is 0.341 e. The number of benzene rings is 1. The molecule has 1 aromatic carbocycles. The van der Waals surface area contributed by atoms with Crippen LogP contribution in [0.3, 0.4) is 0 Å². The number of carbonyl (C=O) groups excluding carboxylic acids is 2. The van der Waals surface area contributed by atoms with Crippen LogP contribution in [-0.4, -0.2) is 30.6 Å². The number of nitrogens with one attached hydrogen (secondary N) is 1. The van der Waals surface area contributed by atoms with Crippen LogP contribution >= 0.6 is 22.7 Å². The van der Waals surface area contributed by atoms with E-state index in [1.54, 1.807) is 6.92 Å². The lowest BCUT2D eigenvalue weighted by Gasteiger charge is -2.09. The zero-order valence-corrected chi connectivity index (χ0v) is 18.3. The maximum atomic E-state index is 12.7. The fraction of sp³-hybridized carbons (Fsp3) is 0.286. The molecule has 0 aliphatic heterocycles. The molecule has 2 heterocycles. The molecule has 0 bridgehead atoms. The molecule has 0 aliphatic rings. The molecule has 8 heteroatoms. The second-order valence-corrected chi connectivity index (χ2v) is 8.40. The van der Waals surface area contributed by atoms with E-state index in [0.717, 1.165) is 22.7 Å². The van der Waals surface area contributed by atoms with E-state index in [1.165, 1.54) is 29.8 Å². The summed E-state index contributed by atoms with van der Waals surface area (Å²) in [5, 5.41) is 5.96. The Morgan fingerprint density at radius 1 is 1.17 bits per heavy atom. The first-order valence-electron chi connectivity index (χ1n) is 9.13. The van der Waals surface area contributed by atoms with Crippen molar-refractivity contribution in [2.24, 2.45) is 0 Å². The van der Waals surface area contributed by atoms with E-state index in [2.05, 4.69) is 10.3 Å². The zero-order valence-electron chi connectivity index (χ0n) is 16.7. The number of aryl methyl sites for hydroxylation is 2. The van der Waals surface area contributed by atoms with E-state index >= 15 is 0 Å². The number of rotatable bonds is 7. The third-order valence-corrected chi connectivity index (χ3v) is 6.12. The summed E-state index contributed by atoms with van der Waals surface area (Å²) in [7, 11) is 1.33. The molecular formula is C21H22N2O4S2. The van der Waals surface area contributed by atoms with Gasteiger partial charge in [-0.15, -0.1) is 22.7 Å². The molecule has 1 amide bonds. The van der Waals surface area contributed by atoms with E-state index in [1.807, 2.05) is 43.5 Å². The van der Waals surface area contributed by atoms with Crippen LogP contribution < -0.4 is 10.1 Å². The van der Waals surface area contributed by atoms with Gasteiger partial charge in [-0.3, -0.25) is 4.79 Å². The largest absolute Gasteiger partial charge is 0.494 e. The highest BCUT2D eigenvalue weighted by Crippen LogP contribution is 2.37. The number of anilines is 1. The highest BCUT2D eigenvalue weighted by atomic mass is 32.1. The van der Waals surface area contributed by atoms with E-state index in [-0.39, 0.29) is 5.91 Å². The minimum absolute atomic E-state index is 0.282. The van der Waals surface area contributed by atoms with E-state index in [4.69, 9.17) is 9.47 Å². The first-order chi connectivity index (χ1) is 13.9. The van der Waals surface area contributed by atoms with Gasteiger partial charge in [0.05, 0.1) is 24.4 Å². The summed E-state index contributed by atoms with van der Waals surface area (Å²) in [4.78, 5) is 30.0. The van der Waals surface area contributed by atoms with Crippen LogP contribution in [0.1, 0.15) is 44.1 Å². The van der Waals surface area contributed by atoms with Gasteiger partial charge in [-0.2, -0.15) is 0 Å². The molecule has 3 aromatic rings. The Labute approximate surface area is 177 Å². The predicted octanol–water partition coefficient (Wildman–Crippen LogP) is 5.32. The molecule has 0 atom stereocenters. The molecule has 152 valence electrons. The van der Waals surface area contributed by atoms with Crippen LogP contribution in [0.25, 0.3) is 11.1 Å². The Hall–Kier alpha value is -2.71. The van der Waals surface area contributed by atoms with Crippen molar-refractivity contribution in [3.05, 3.63) is 50.8 Å². The number of aromatic nitrogens is 1. The molecule has 29 heavy (non-hydrogen) atoms. The van der Waals surface area contributed by atoms with Crippen molar-refractivity contribution in [3.63, 3.8) is 0 Å². The summed E-state index contributed by atoms with van der Waals surface area (Å²) in [6, 6.07) is 7.51. The van der Waals surface area contributed by atoms with Gasteiger partial charge in [-0.05, 0) is 38.0 Å². The molecule has 0 unspecified atom stereocenters. The number of thiazole rings is 1. The molecule has 0 saturated heterocycles. The van der Waals surface area contributed by atoms with Gasteiger partial charge < -0.3 is 14.8 Å². The Balaban J connectivity index is 1.92. The van der Waals surface area contributed by atoms with Crippen LogP contribution in [-0.2, 0) is 4.74 Å². The number of carbonyl (C=O) groups is 2. The average molecular weight is 431 g/mol. The highest BCUT2D eigenvalue weighted by molar-refractivity contribution is 7.16. The fourth-order valence-electron chi connectivity index (χ4n) is 2.82. The first kappa shape index (κ1) is 21.0. The predicted molar refractivity (Wildman–Crippen MR) is 116 cm³/mol. The average Bonchev–Trinajstić information content (AvgIpc) is 3.28. The Kier molecular flexibility index (Phi) is 6.66. The molecule has 6 nitrogen and oxygen atoms in total. The van der Waals surface area contributed by atoms with E-state index < -0.39 is 5.97 Å². The second kappa shape index (κ2) is 9.19. The molecule has 0 fully saturated rings. The molecule has 1 N–H and O–H groups in total. The van der Waals surface area contributed by atoms with Gasteiger partial charge in [0.1, 0.15) is 21.2 Å². The number of methoxy groups -OCH3 is 1. The minimum atomic E-state index is -0.500. The van der Waals surface area contributed by atoms with Crippen LogP contribution in [0.2, 0.25) is 0 Å². The number of ether oxygens (including phenoxy) is 2. The van der Waals surface area contributed by atoms with Crippen molar-refractivity contribution in [3.8, 4) is 16.9 Å². The van der Waals surface area contributed by atoms with Crippen molar-refractivity contribution in [2.75, 3.05) is 19.0 Å². The maximum absolute atomic E-state index is 12.7. The number of hydrogen-bond acceptors (Lipinski definition) is 7. The minimum Gasteiger partial charge on any atom is -0.494 e. The fourth-order valence-corrected chi connectivity index (χ4v) is 4.59. The summed E-state index contributed by atoms with van der Waals surface area (Å²) in [5.41, 5.74) is 2.56. The van der Waals surface area contributed by atoms with E-state index in [0.29, 0.717) is 33.3 Å². The lowest BCUT2D eigenvalue weighted by Crippen LogP contribution is -2.14. The molecule has 3 rings (SSSR count). The molecule has 2 aromatic heterocycles. The van der Waals surface area contributed by atoms with Gasteiger partial charge in [-0.25, -0.2) is 9.78 Å². The van der Waals surface area contributed by atoms with Crippen LogP contribution in [0.5, 0.6) is 5.75 Å². The van der Waals surface area contributed by atoms with Crippen molar-refractivity contribution in [2.45, 2.75) is 27.2 Å². The van der Waals surface area contributed by atoms with E-state index in [9.17, 15) is 9.59 Å². The zero-order chi connectivity index (χ0) is 21.0. The lowest BCUT2D eigenvalue weighted by molar-refractivity contribution is 0.0603. The summed E-state index contributed by atoms with van der Waals surface area (Å²) >= 11 is 2.61. The van der Waals surface area contributed by atoms with Gasteiger partial charge in [0, 0.05) is 10.9 Å². The molecule has 0 saturated carbocycles. The monoisotopic (exact) mass is 430 g/mol. The third-order valence-electron chi connectivity index (χ3n) is 4.16. The van der Waals surface area contributed by atoms with Crippen LogP contribution in [0.4, 0.5) is 5.00 Å². The first-order valence-corrected chi connectivity index (χ1v) is 10.8. The smallest absolute Gasteiger partial charge is 0.341 e. The van der Waals surface area contributed by atoms with Gasteiger partial charge in [0.15, 0.2) is 0 Å². The van der Waals surface area contributed by atoms with Gasteiger partial charge in [-0.1, -0.05) is 19.1 Å². The lowest BCUT2D eigenvalue weighted by atomic mass is 10.0. The summed E-state index contributed by atoms with van der Waals surface area (Å²) in [5.74, 6) is -0.00922. The van der Waals surface area contributed by atoms with Crippen LogP contribution in [0, 0.1) is 13.8 Å². The van der Waals surface area contributed by atoms with Crippen molar-refractivity contribution in [1.82, 2.24) is 4.98 Å².